The molecule has 0 bridgehead atoms. The Morgan fingerprint density at radius 1 is 1.50 bits per heavy atom. The zero-order chi connectivity index (χ0) is 12.5. The molecule has 0 aromatic heterocycles. The summed E-state index contributed by atoms with van der Waals surface area (Å²) in [5.74, 6) is -1.28. The monoisotopic (exact) mass is 252 g/mol. The largest absolute Gasteiger partial charge is 0.478 e. The fourth-order valence-electron chi connectivity index (χ4n) is 1.40. The molecule has 3 N–H and O–H groups in total. The van der Waals surface area contributed by atoms with Gasteiger partial charge >= 0.3 is 5.97 Å². The lowest BCUT2D eigenvalue weighted by Gasteiger charge is -2.28. The Hall–Kier alpha value is -0.960. The second-order valence-electron chi connectivity index (χ2n) is 3.52. The SMILES string of the molecule is CS(=O)(=O)O[C@H]1CC(C(=O)O)=C[C@@H](O)[C@H]1O. The first-order valence-electron chi connectivity index (χ1n) is 4.39. The molecule has 0 saturated carbocycles. The smallest absolute Gasteiger partial charge is 0.331 e. The minimum absolute atomic E-state index is 0.188. The Morgan fingerprint density at radius 3 is 2.50 bits per heavy atom. The molecule has 7 nitrogen and oxygen atoms in total. The summed E-state index contributed by atoms with van der Waals surface area (Å²) in [5, 5.41) is 27.4. The Labute approximate surface area is 92.1 Å². The standard InChI is InChI=1S/C8H12O7S/c1-16(13,14)15-6-3-4(8(11)12)2-5(9)7(6)10/h2,5-7,9-10H,3H2,1H3,(H,11,12)/t5-,6+,7-/m1/s1. The van der Waals surface area contributed by atoms with Crippen molar-refractivity contribution in [1.82, 2.24) is 0 Å². The van der Waals surface area contributed by atoms with Gasteiger partial charge in [-0.3, -0.25) is 4.18 Å². The van der Waals surface area contributed by atoms with E-state index < -0.39 is 34.4 Å². The molecule has 1 rings (SSSR count). The Morgan fingerprint density at radius 2 is 2.06 bits per heavy atom. The topological polar surface area (TPSA) is 121 Å². The lowest BCUT2D eigenvalue weighted by Crippen LogP contribution is -2.43. The minimum atomic E-state index is -3.82. The summed E-state index contributed by atoms with van der Waals surface area (Å²) in [4.78, 5) is 10.7. The molecule has 0 radical (unpaired) electrons. The van der Waals surface area contributed by atoms with Crippen molar-refractivity contribution in [3.63, 3.8) is 0 Å². The molecule has 0 aliphatic heterocycles. The van der Waals surface area contributed by atoms with Gasteiger partial charge in [0.15, 0.2) is 0 Å². The number of aliphatic carboxylic acids is 1. The van der Waals surface area contributed by atoms with E-state index in [-0.39, 0.29) is 12.0 Å². The van der Waals surface area contributed by atoms with Crippen molar-refractivity contribution >= 4 is 16.1 Å². The van der Waals surface area contributed by atoms with Crippen LogP contribution in [0, 0.1) is 0 Å². The first-order chi connectivity index (χ1) is 7.20. The molecular formula is C8H12O7S. The third-order valence-electron chi connectivity index (χ3n) is 2.10. The number of carboxylic acid groups (broad SMARTS) is 1. The van der Waals surface area contributed by atoms with E-state index in [2.05, 4.69) is 4.18 Å². The fraction of sp³-hybridized carbons (Fsp3) is 0.625. The molecule has 16 heavy (non-hydrogen) atoms. The van der Waals surface area contributed by atoms with Gasteiger partial charge in [0.2, 0.25) is 0 Å². The van der Waals surface area contributed by atoms with Crippen LogP contribution in [0.5, 0.6) is 0 Å². The van der Waals surface area contributed by atoms with Crippen LogP contribution in [0.15, 0.2) is 11.6 Å². The van der Waals surface area contributed by atoms with Gasteiger partial charge < -0.3 is 15.3 Å². The van der Waals surface area contributed by atoms with Crippen molar-refractivity contribution in [3.8, 4) is 0 Å². The van der Waals surface area contributed by atoms with Crippen molar-refractivity contribution in [3.05, 3.63) is 11.6 Å². The minimum Gasteiger partial charge on any atom is -0.478 e. The van der Waals surface area contributed by atoms with Crippen molar-refractivity contribution < 1.29 is 32.7 Å². The van der Waals surface area contributed by atoms with Crippen LogP contribution in [0.2, 0.25) is 0 Å². The molecule has 0 aromatic carbocycles. The van der Waals surface area contributed by atoms with E-state index in [1.165, 1.54) is 0 Å². The van der Waals surface area contributed by atoms with E-state index in [1.54, 1.807) is 0 Å². The maximum absolute atomic E-state index is 10.8. The van der Waals surface area contributed by atoms with Gasteiger partial charge in [0, 0.05) is 12.0 Å². The lowest BCUT2D eigenvalue weighted by atomic mass is 9.92. The molecule has 0 spiro atoms. The molecule has 0 saturated heterocycles. The fourth-order valence-corrected chi connectivity index (χ4v) is 2.04. The van der Waals surface area contributed by atoms with E-state index in [0.29, 0.717) is 0 Å². The molecule has 1 aliphatic carbocycles. The number of aliphatic hydroxyl groups excluding tert-OH is 2. The highest BCUT2D eigenvalue weighted by Gasteiger charge is 2.35. The zero-order valence-electron chi connectivity index (χ0n) is 8.40. The number of rotatable bonds is 3. The van der Waals surface area contributed by atoms with E-state index >= 15 is 0 Å². The quantitative estimate of drug-likeness (QED) is 0.521. The van der Waals surface area contributed by atoms with Crippen LogP contribution < -0.4 is 0 Å². The van der Waals surface area contributed by atoms with E-state index in [0.717, 1.165) is 12.3 Å². The highest BCUT2D eigenvalue weighted by Crippen LogP contribution is 2.23. The van der Waals surface area contributed by atoms with Gasteiger partial charge in [0.05, 0.1) is 6.26 Å². The van der Waals surface area contributed by atoms with Gasteiger partial charge in [-0.2, -0.15) is 8.42 Å². The van der Waals surface area contributed by atoms with Crippen LogP contribution in [0.4, 0.5) is 0 Å². The molecule has 0 unspecified atom stereocenters. The molecule has 0 heterocycles. The third kappa shape index (κ3) is 3.27. The highest BCUT2D eigenvalue weighted by molar-refractivity contribution is 7.86. The second kappa shape index (κ2) is 4.50. The molecule has 0 amide bonds. The summed E-state index contributed by atoms with van der Waals surface area (Å²) in [6, 6.07) is 0. The number of carboxylic acids is 1. The summed E-state index contributed by atoms with van der Waals surface area (Å²) >= 11 is 0. The van der Waals surface area contributed by atoms with Gasteiger partial charge in [-0.25, -0.2) is 4.79 Å². The normalized spacial score (nSPS) is 30.9. The van der Waals surface area contributed by atoms with E-state index in [1.807, 2.05) is 0 Å². The van der Waals surface area contributed by atoms with E-state index in [9.17, 15) is 23.4 Å². The summed E-state index contributed by atoms with van der Waals surface area (Å²) < 4.78 is 26.2. The average Bonchev–Trinajstić information content (AvgIpc) is 2.10. The number of carbonyl (C=O) groups is 1. The van der Waals surface area contributed by atoms with Crippen LogP contribution in [-0.2, 0) is 19.1 Å². The summed E-state index contributed by atoms with van der Waals surface area (Å²) in [7, 11) is -3.82. The van der Waals surface area contributed by atoms with Gasteiger partial charge in [-0.1, -0.05) is 0 Å². The van der Waals surface area contributed by atoms with Gasteiger partial charge in [0.1, 0.15) is 18.3 Å². The number of hydrogen-bond acceptors (Lipinski definition) is 6. The molecule has 1 aliphatic rings. The van der Waals surface area contributed by atoms with Crippen molar-refractivity contribution in [2.24, 2.45) is 0 Å². The molecule has 0 aromatic rings. The molecule has 3 atom stereocenters. The Balaban J connectivity index is 2.89. The maximum atomic E-state index is 10.8. The number of aliphatic hydroxyl groups is 2. The van der Waals surface area contributed by atoms with Gasteiger partial charge in [0.25, 0.3) is 10.1 Å². The molecule has 92 valence electrons. The highest BCUT2D eigenvalue weighted by atomic mass is 32.2. The lowest BCUT2D eigenvalue weighted by molar-refractivity contribution is -0.134. The predicted octanol–water partition coefficient (Wildman–Crippen LogP) is -1.53. The third-order valence-corrected chi connectivity index (χ3v) is 2.69. The average molecular weight is 252 g/mol. The van der Waals surface area contributed by atoms with Crippen LogP contribution in [-0.4, -0.2) is 54.3 Å². The van der Waals surface area contributed by atoms with Gasteiger partial charge in [-0.05, 0) is 6.08 Å². The number of hydrogen-bond donors (Lipinski definition) is 3. The zero-order valence-corrected chi connectivity index (χ0v) is 9.22. The van der Waals surface area contributed by atoms with Crippen LogP contribution >= 0.6 is 0 Å². The first-order valence-corrected chi connectivity index (χ1v) is 6.21. The van der Waals surface area contributed by atoms with Crippen LogP contribution in [0.25, 0.3) is 0 Å². The van der Waals surface area contributed by atoms with Crippen molar-refractivity contribution in [2.45, 2.75) is 24.7 Å². The van der Waals surface area contributed by atoms with Crippen LogP contribution in [0.1, 0.15) is 6.42 Å². The van der Waals surface area contributed by atoms with Crippen molar-refractivity contribution in [2.75, 3.05) is 6.26 Å². The molecule has 0 fully saturated rings. The molecule has 8 heteroatoms. The van der Waals surface area contributed by atoms with Crippen molar-refractivity contribution in [1.29, 1.82) is 0 Å². The summed E-state index contributed by atoms with van der Waals surface area (Å²) in [6.07, 6.45) is -2.72. The summed E-state index contributed by atoms with van der Waals surface area (Å²) in [5.41, 5.74) is -0.188. The van der Waals surface area contributed by atoms with E-state index in [4.69, 9.17) is 5.11 Å². The molecular weight excluding hydrogens is 240 g/mol. The predicted molar refractivity (Wildman–Crippen MR) is 52.1 cm³/mol. The summed E-state index contributed by atoms with van der Waals surface area (Å²) in [6.45, 7) is 0. The Bertz CT molecular complexity index is 410. The first kappa shape index (κ1) is 13.1. The van der Waals surface area contributed by atoms with Gasteiger partial charge in [-0.15, -0.1) is 0 Å². The maximum Gasteiger partial charge on any atom is 0.331 e. The Kier molecular flexibility index (Phi) is 3.68. The second-order valence-corrected chi connectivity index (χ2v) is 5.12. The van der Waals surface area contributed by atoms with Crippen LogP contribution in [0.3, 0.4) is 0 Å².